The summed E-state index contributed by atoms with van der Waals surface area (Å²) in [5, 5.41) is 0.864. The largest absolute Gasteiger partial charge is 0.305 e. The van der Waals surface area contributed by atoms with E-state index in [2.05, 4.69) is 48.3 Å². The maximum Gasteiger partial charge on any atom is 0.0409 e. The minimum atomic E-state index is 0.581. The molecule has 1 aliphatic carbocycles. The van der Waals surface area contributed by atoms with Crippen LogP contribution in [0.25, 0.3) is 0 Å². The second kappa shape index (κ2) is 4.61. The van der Waals surface area contributed by atoms with Crippen molar-refractivity contribution in [3.05, 3.63) is 69.7 Å². The maximum atomic E-state index is 6.25. The van der Waals surface area contributed by atoms with Gasteiger partial charge in [-0.3, -0.25) is 0 Å². The van der Waals surface area contributed by atoms with Crippen molar-refractivity contribution in [1.29, 1.82) is 0 Å². The van der Waals surface area contributed by atoms with E-state index in [0.29, 0.717) is 11.8 Å². The highest BCUT2D eigenvalue weighted by Gasteiger charge is 2.37. The molecule has 2 aromatic rings. The molecule has 0 N–H and O–H groups in total. The third kappa shape index (κ3) is 1.88. The zero-order valence-corrected chi connectivity index (χ0v) is 12.4. The van der Waals surface area contributed by atoms with Gasteiger partial charge in [-0.25, -0.2) is 0 Å². The van der Waals surface area contributed by atoms with Gasteiger partial charge in [-0.2, -0.15) is 0 Å². The Kier molecular flexibility index (Phi) is 2.87. The van der Waals surface area contributed by atoms with E-state index in [1.54, 1.807) is 0 Å². The normalized spacial score (nSPS) is 24.7. The van der Waals surface area contributed by atoms with Gasteiger partial charge >= 0.3 is 0 Å². The molecule has 0 saturated carbocycles. The van der Waals surface area contributed by atoms with Gasteiger partial charge in [0, 0.05) is 29.9 Å². The molecular formula is C18H18ClN. The van der Waals surface area contributed by atoms with Crippen molar-refractivity contribution in [2.45, 2.75) is 18.3 Å². The van der Waals surface area contributed by atoms with Crippen molar-refractivity contribution in [2.75, 3.05) is 20.1 Å². The summed E-state index contributed by atoms with van der Waals surface area (Å²) in [5.41, 5.74) is 5.93. The van der Waals surface area contributed by atoms with Crippen LogP contribution in [0.3, 0.4) is 0 Å². The predicted octanol–water partition coefficient (Wildman–Crippen LogP) is 4.06. The zero-order chi connectivity index (χ0) is 13.7. The fraction of sp³-hybridized carbons (Fsp3) is 0.333. The number of hydrogen-bond acceptors (Lipinski definition) is 1. The topological polar surface area (TPSA) is 3.24 Å². The Morgan fingerprint density at radius 3 is 2.50 bits per heavy atom. The van der Waals surface area contributed by atoms with E-state index < -0.39 is 0 Å². The molecule has 1 saturated heterocycles. The molecule has 1 fully saturated rings. The molecule has 2 atom stereocenters. The maximum absolute atomic E-state index is 6.25. The first-order valence-electron chi connectivity index (χ1n) is 7.27. The van der Waals surface area contributed by atoms with Crippen LogP contribution in [0.2, 0.25) is 5.02 Å². The second-order valence-corrected chi connectivity index (χ2v) is 6.59. The minimum Gasteiger partial charge on any atom is -0.305 e. The zero-order valence-electron chi connectivity index (χ0n) is 11.6. The standard InChI is InChI=1S/C18H18ClN/c1-20-10-17-15-5-3-2-4-12(15)8-13-6-7-14(19)9-16(13)18(17)11-20/h2-7,9,17-18H,8,10-11H2,1H3. The summed E-state index contributed by atoms with van der Waals surface area (Å²) >= 11 is 6.25. The number of hydrogen-bond donors (Lipinski definition) is 0. The van der Waals surface area contributed by atoms with Crippen molar-refractivity contribution in [3.8, 4) is 0 Å². The molecule has 1 aliphatic heterocycles. The first kappa shape index (κ1) is 12.4. The second-order valence-electron chi connectivity index (χ2n) is 6.15. The van der Waals surface area contributed by atoms with E-state index in [9.17, 15) is 0 Å². The molecule has 0 bridgehead atoms. The van der Waals surface area contributed by atoms with E-state index >= 15 is 0 Å². The molecule has 1 heterocycles. The fourth-order valence-corrected chi connectivity index (χ4v) is 4.15. The van der Waals surface area contributed by atoms with Crippen molar-refractivity contribution in [3.63, 3.8) is 0 Å². The first-order valence-corrected chi connectivity index (χ1v) is 7.65. The van der Waals surface area contributed by atoms with Gasteiger partial charge in [-0.1, -0.05) is 41.9 Å². The molecule has 0 aromatic heterocycles. The molecule has 2 aliphatic rings. The highest BCUT2D eigenvalue weighted by molar-refractivity contribution is 6.30. The lowest BCUT2D eigenvalue weighted by molar-refractivity contribution is 0.407. The van der Waals surface area contributed by atoms with E-state index in [0.717, 1.165) is 24.5 Å². The van der Waals surface area contributed by atoms with Gasteiger partial charge in [0.1, 0.15) is 0 Å². The molecular weight excluding hydrogens is 266 g/mol. The summed E-state index contributed by atoms with van der Waals surface area (Å²) in [6.45, 7) is 2.28. The minimum absolute atomic E-state index is 0.581. The SMILES string of the molecule is CN1CC2c3ccccc3Cc3ccc(Cl)cc3C2C1. The van der Waals surface area contributed by atoms with Crippen molar-refractivity contribution < 1.29 is 0 Å². The molecule has 1 nitrogen and oxygen atoms in total. The number of fused-ring (bicyclic) bond motifs is 5. The molecule has 2 unspecified atom stereocenters. The molecule has 4 rings (SSSR count). The van der Waals surface area contributed by atoms with Gasteiger partial charge in [-0.05, 0) is 47.9 Å². The Balaban J connectivity index is 1.93. The van der Waals surface area contributed by atoms with Gasteiger partial charge in [0.25, 0.3) is 0 Å². The molecule has 0 spiro atoms. The van der Waals surface area contributed by atoms with E-state index in [-0.39, 0.29) is 0 Å². The first-order chi connectivity index (χ1) is 9.72. The van der Waals surface area contributed by atoms with Gasteiger partial charge in [0.05, 0.1) is 0 Å². The smallest absolute Gasteiger partial charge is 0.0409 e. The monoisotopic (exact) mass is 283 g/mol. The average Bonchev–Trinajstić information content (AvgIpc) is 2.78. The van der Waals surface area contributed by atoms with Crippen LogP contribution >= 0.6 is 11.6 Å². The third-order valence-corrected chi connectivity index (χ3v) is 5.08. The summed E-state index contributed by atoms with van der Waals surface area (Å²) in [4.78, 5) is 2.45. The van der Waals surface area contributed by atoms with Crippen molar-refractivity contribution >= 4 is 11.6 Å². The average molecular weight is 284 g/mol. The summed E-state index contributed by atoms with van der Waals surface area (Å²) in [6, 6.07) is 15.4. The number of rotatable bonds is 0. The van der Waals surface area contributed by atoms with E-state index in [1.165, 1.54) is 22.3 Å². The molecule has 2 aromatic carbocycles. The summed E-state index contributed by atoms with van der Waals surface area (Å²) in [7, 11) is 2.22. The lowest BCUT2D eigenvalue weighted by Gasteiger charge is -2.19. The Labute approximate surface area is 125 Å². The van der Waals surface area contributed by atoms with Crippen LogP contribution in [0.4, 0.5) is 0 Å². The summed E-state index contributed by atoms with van der Waals surface area (Å²) in [6.07, 6.45) is 1.04. The van der Waals surface area contributed by atoms with Crippen LogP contribution in [0.15, 0.2) is 42.5 Å². The highest BCUT2D eigenvalue weighted by Crippen LogP contribution is 2.45. The predicted molar refractivity (Wildman–Crippen MR) is 83.7 cm³/mol. The molecule has 2 heteroatoms. The van der Waals surface area contributed by atoms with Crippen LogP contribution in [-0.4, -0.2) is 25.0 Å². The third-order valence-electron chi connectivity index (χ3n) is 4.85. The summed E-state index contributed by atoms with van der Waals surface area (Å²) < 4.78 is 0. The number of nitrogens with zero attached hydrogens (tertiary/aromatic N) is 1. The van der Waals surface area contributed by atoms with Crippen molar-refractivity contribution in [1.82, 2.24) is 4.90 Å². The number of likely N-dealkylation sites (tertiary alicyclic amines) is 1. The Bertz CT molecular complexity index is 664. The van der Waals surface area contributed by atoms with Gasteiger partial charge in [0.15, 0.2) is 0 Å². The van der Waals surface area contributed by atoms with Crippen LogP contribution in [0.1, 0.15) is 34.1 Å². The van der Waals surface area contributed by atoms with Crippen LogP contribution in [0.5, 0.6) is 0 Å². The van der Waals surface area contributed by atoms with E-state index in [1.807, 2.05) is 6.07 Å². The van der Waals surface area contributed by atoms with Crippen LogP contribution in [-0.2, 0) is 6.42 Å². The van der Waals surface area contributed by atoms with E-state index in [4.69, 9.17) is 11.6 Å². The van der Waals surface area contributed by atoms with Crippen molar-refractivity contribution in [2.24, 2.45) is 0 Å². The number of halogens is 1. The summed E-state index contributed by atoms with van der Waals surface area (Å²) in [5.74, 6) is 1.19. The van der Waals surface area contributed by atoms with Crippen LogP contribution in [0, 0.1) is 0 Å². The fourth-order valence-electron chi connectivity index (χ4n) is 3.96. The molecule has 0 amide bonds. The Hall–Kier alpha value is -1.31. The van der Waals surface area contributed by atoms with Gasteiger partial charge in [-0.15, -0.1) is 0 Å². The van der Waals surface area contributed by atoms with Crippen LogP contribution < -0.4 is 0 Å². The Morgan fingerprint density at radius 2 is 1.65 bits per heavy atom. The number of benzene rings is 2. The quantitative estimate of drug-likeness (QED) is 0.705. The highest BCUT2D eigenvalue weighted by atomic mass is 35.5. The molecule has 102 valence electrons. The van der Waals surface area contributed by atoms with Gasteiger partial charge in [0.2, 0.25) is 0 Å². The molecule has 0 radical (unpaired) electrons. The lowest BCUT2D eigenvalue weighted by atomic mass is 9.84. The van der Waals surface area contributed by atoms with Gasteiger partial charge < -0.3 is 4.90 Å². The Morgan fingerprint density at radius 1 is 0.950 bits per heavy atom. The lowest BCUT2D eigenvalue weighted by Crippen LogP contribution is -2.14. The number of likely N-dealkylation sites (N-methyl/N-ethyl adjacent to an activating group) is 1. The molecule has 20 heavy (non-hydrogen) atoms.